The van der Waals surface area contributed by atoms with Crippen molar-refractivity contribution in [2.45, 2.75) is 26.2 Å². The van der Waals surface area contributed by atoms with Crippen molar-refractivity contribution >= 4 is 0 Å². The molecule has 0 aromatic carbocycles. The van der Waals surface area contributed by atoms with Crippen LogP contribution in [0, 0.1) is 6.61 Å². The quantitative estimate of drug-likeness (QED) is 0.505. The van der Waals surface area contributed by atoms with Gasteiger partial charge in [-0.25, -0.2) is 0 Å². The van der Waals surface area contributed by atoms with Crippen molar-refractivity contribution in [1.29, 1.82) is 0 Å². The summed E-state index contributed by atoms with van der Waals surface area (Å²) in [5.41, 5.74) is 0. The Balaban J connectivity index is 2.60. The fourth-order valence-electron chi connectivity index (χ4n) is 0.575. The van der Waals surface area contributed by atoms with E-state index >= 15 is 0 Å². The molecule has 0 saturated carbocycles. The standard InChI is InChI=1S/C7H14FO/c1-2-9-7-5-3-4-6-8/h2H,3-7H2,1H3. The number of unbranched alkanes of at least 4 members (excludes halogenated alkanes) is 2. The highest BCUT2D eigenvalue weighted by Crippen LogP contribution is 1.96. The Morgan fingerprint density at radius 1 is 1.33 bits per heavy atom. The molecule has 0 spiro atoms. The molecule has 0 atom stereocenters. The molecule has 55 valence electrons. The molecule has 0 heterocycles. The van der Waals surface area contributed by atoms with Gasteiger partial charge >= 0.3 is 0 Å². The molecule has 0 aliphatic rings. The van der Waals surface area contributed by atoms with Crippen LogP contribution in [0.25, 0.3) is 0 Å². The van der Waals surface area contributed by atoms with Crippen molar-refractivity contribution in [2.24, 2.45) is 0 Å². The molecule has 0 aliphatic carbocycles. The maximum atomic E-state index is 11.5. The number of hydrogen-bond donors (Lipinski definition) is 0. The monoisotopic (exact) mass is 133 g/mol. The fraction of sp³-hybridized carbons (Fsp3) is 0.857. The Morgan fingerprint density at radius 3 is 2.67 bits per heavy atom. The highest BCUT2D eigenvalue weighted by atomic mass is 19.1. The van der Waals surface area contributed by atoms with Crippen molar-refractivity contribution in [3.63, 3.8) is 0 Å². The van der Waals surface area contributed by atoms with Crippen molar-refractivity contribution in [1.82, 2.24) is 0 Å². The van der Waals surface area contributed by atoms with Crippen LogP contribution in [0.2, 0.25) is 0 Å². The largest absolute Gasteiger partial charge is 0.376 e. The van der Waals surface area contributed by atoms with Gasteiger partial charge in [-0.3, -0.25) is 4.39 Å². The van der Waals surface area contributed by atoms with Crippen LogP contribution in [0.1, 0.15) is 26.2 Å². The van der Waals surface area contributed by atoms with Gasteiger partial charge in [-0.1, -0.05) is 0 Å². The average Bonchev–Trinajstić information content (AvgIpc) is 1.89. The minimum Gasteiger partial charge on any atom is -0.376 e. The molecule has 1 nitrogen and oxygen atoms in total. The van der Waals surface area contributed by atoms with Gasteiger partial charge in [0.2, 0.25) is 0 Å². The molecule has 9 heavy (non-hydrogen) atoms. The number of ether oxygens (including phenoxy) is 1. The third-order valence-electron chi connectivity index (χ3n) is 1.06. The Morgan fingerprint density at radius 2 is 2.11 bits per heavy atom. The minimum absolute atomic E-state index is 0.199. The zero-order valence-electron chi connectivity index (χ0n) is 5.90. The average molecular weight is 133 g/mol. The maximum Gasteiger partial charge on any atom is 0.0894 e. The van der Waals surface area contributed by atoms with E-state index in [1.54, 1.807) is 6.61 Å². The van der Waals surface area contributed by atoms with Crippen LogP contribution in [0.15, 0.2) is 0 Å². The lowest BCUT2D eigenvalue weighted by atomic mass is 10.3. The summed E-state index contributed by atoms with van der Waals surface area (Å²) < 4.78 is 16.4. The van der Waals surface area contributed by atoms with Crippen LogP contribution in [0.5, 0.6) is 0 Å². The number of halogens is 1. The second kappa shape index (κ2) is 7.89. The lowest BCUT2D eigenvalue weighted by molar-refractivity contribution is 0.197. The van der Waals surface area contributed by atoms with E-state index in [1.807, 2.05) is 6.92 Å². The molecular weight excluding hydrogens is 119 g/mol. The normalized spacial score (nSPS) is 10.0. The molecule has 0 N–H and O–H groups in total. The lowest BCUT2D eigenvalue weighted by Gasteiger charge is -1.97. The summed E-state index contributed by atoms with van der Waals surface area (Å²) in [6, 6.07) is 0. The van der Waals surface area contributed by atoms with E-state index in [2.05, 4.69) is 0 Å². The van der Waals surface area contributed by atoms with Crippen LogP contribution in [-0.4, -0.2) is 13.3 Å². The van der Waals surface area contributed by atoms with Gasteiger partial charge in [-0.05, 0) is 26.2 Å². The first-order valence-corrected chi connectivity index (χ1v) is 3.37. The highest BCUT2D eigenvalue weighted by molar-refractivity contribution is 4.41. The van der Waals surface area contributed by atoms with E-state index in [4.69, 9.17) is 4.74 Å². The van der Waals surface area contributed by atoms with E-state index in [0.717, 1.165) is 19.4 Å². The van der Waals surface area contributed by atoms with E-state index in [0.29, 0.717) is 6.42 Å². The van der Waals surface area contributed by atoms with Gasteiger partial charge in [0, 0.05) is 6.61 Å². The van der Waals surface area contributed by atoms with Gasteiger partial charge in [0.1, 0.15) is 0 Å². The molecule has 0 aliphatic heterocycles. The third-order valence-corrected chi connectivity index (χ3v) is 1.06. The first kappa shape index (κ1) is 8.89. The van der Waals surface area contributed by atoms with Gasteiger partial charge in [0.15, 0.2) is 0 Å². The first-order chi connectivity index (χ1) is 4.41. The van der Waals surface area contributed by atoms with Crippen LogP contribution in [-0.2, 0) is 4.74 Å². The summed E-state index contributed by atoms with van der Waals surface area (Å²) in [6.07, 6.45) is 2.58. The first-order valence-electron chi connectivity index (χ1n) is 3.37. The molecule has 0 unspecified atom stereocenters. The zero-order chi connectivity index (χ0) is 6.95. The third kappa shape index (κ3) is 7.89. The summed E-state index contributed by atoms with van der Waals surface area (Å²) in [6.45, 7) is 4.04. The Kier molecular flexibility index (Phi) is 7.79. The van der Waals surface area contributed by atoms with Crippen LogP contribution < -0.4 is 0 Å². The molecule has 0 saturated heterocycles. The number of hydrogen-bond acceptors (Lipinski definition) is 1. The Bertz CT molecular complexity index is 42.2. The molecule has 0 amide bonds. The number of rotatable bonds is 6. The van der Waals surface area contributed by atoms with Crippen LogP contribution >= 0.6 is 0 Å². The molecule has 0 fully saturated rings. The SMILES string of the molecule is C[CH]OCCCCCF. The summed E-state index contributed by atoms with van der Waals surface area (Å²) in [7, 11) is 0. The van der Waals surface area contributed by atoms with Crippen molar-refractivity contribution in [3.05, 3.63) is 6.61 Å². The molecule has 0 rings (SSSR count). The van der Waals surface area contributed by atoms with E-state index in [-0.39, 0.29) is 6.67 Å². The van der Waals surface area contributed by atoms with E-state index in [1.165, 1.54) is 0 Å². The summed E-state index contributed by atoms with van der Waals surface area (Å²) in [5.74, 6) is 0. The summed E-state index contributed by atoms with van der Waals surface area (Å²) in [4.78, 5) is 0. The van der Waals surface area contributed by atoms with Gasteiger partial charge < -0.3 is 4.74 Å². The second-order valence-corrected chi connectivity index (χ2v) is 1.86. The maximum absolute atomic E-state index is 11.5. The van der Waals surface area contributed by atoms with Gasteiger partial charge in [-0.15, -0.1) is 0 Å². The minimum atomic E-state index is -0.199. The predicted octanol–water partition coefficient (Wildman–Crippen LogP) is 2.32. The molecule has 0 bridgehead atoms. The van der Waals surface area contributed by atoms with E-state index < -0.39 is 0 Å². The van der Waals surface area contributed by atoms with Gasteiger partial charge in [-0.2, -0.15) is 0 Å². The van der Waals surface area contributed by atoms with Gasteiger partial charge in [0.05, 0.1) is 13.3 Å². The van der Waals surface area contributed by atoms with Crippen molar-refractivity contribution in [2.75, 3.05) is 13.3 Å². The molecular formula is C7H14FO. The summed E-state index contributed by atoms with van der Waals surface area (Å²) >= 11 is 0. The Labute approximate surface area is 56.2 Å². The molecule has 1 radical (unpaired) electrons. The predicted molar refractivity (Wildman–Crippen MR) is 35.8 cm³/mol. The summed E-state index contributed by atoms with van der Waals surface area (Å²) in [5, 5.41) is 0. The van der Waals surface area contributed by atoms with Gasteiger partial charge in [0.25, 0.3) is 0 Å². The Hall–Kier alpha value is -0.110. The number of alkyl halides is 1. The molecule has 0 aromatic heterocycles. The zero-order valence-corrected chi connectivity index (χ0v) is 5.90. The van der Waals surface area contributed by atoms with E-state index in [9.17, 15) is 4.39 Å². The van der Waals surface area contributed by atoms with Crippen LogP contribution in [0.4, 0.5) is 4.39 Å². The molecule has 2 heteroatoms. The lowest BCUT2D eigenvalue weighted by Crippen LogP contribution is -1.89. The molecule has 0 aromatic rings. The van der Waals surface area contributed by atoms with Crippen molar-refractivity contribution < 1.29 is 9.13 Å². The topological polar surface area (TPSA) is 9.23 Å². The van der Waals surface area contributed by atoms with Crippen molar-refractivity contribution in [3.8, 4) is 0 Å². The fourth-order valence-corrected chi connectivity index (χ4v) is 0.575. The second-order valence-electron chi connectivity index (χ2n) is 1.86. The van der Waals surface area contributed by atoms with Crippen LogP contribution in [0.3, 0.4) is 0 Å². The highest BCUT2D eigenvalue weighted by Gasteiger charge is 1.86. The smallest absolute Gasteiger partial charge is 0.0894 e.